The minimum Gasteiger partial charge on any atom is -0.405 e. The second-order valence-corrected chi connectivity index (χ2v) is 13.2. The quantitative estimate of drug-likeness (QED) is 0.357. The Morgan fingerprint density at radius 1 is 1.16 bits per heavy atom. The standard InChI is InChI=1S/C29H31F3N4O7S/c1-44(38,39)35-27(37)19-8-9-24(33-15-19)36-12-10-28(11-13-36)14-20(16-41-28)40-17-22-25(34-43-26(22)18-6-7-18)21-4-2-3-5-23(21)42-29(30,31)32/h2-5,8-9,15,18,20H,6-7,10-14,16-17H2,1H3,(H,35,37). The number of rotatable bonds is 9. The van der Waals surface area contributed by atoms with E-state index in [4.69, 9.17) is 14.0 Å². The number of halogens is 3. The number of alkyl halides is 3. The molecule has 15 heteroatoms. The van der Waals surface area contributed by atoms with Crippen LogP contribution < -0.4 is 14.4 Å². The van der Waals surface area contributed by atoms with Gasteiger partial charge in [0.2, 0.25) is 10.0 Å². The average Bonchev–Trinajstić information content (AvgIpc) is 3.61. The van der Waals surface area contributed by atoms with E-state index in [1.807, 2.05) is 4.72 Å². The van der Waals surface area contributed by atoms with Gasteiger partial charge in [-0.15, -0.1) is 13.2 Å². The lowest BCUT2D eigenvalue weighted by molar-refractivity contribution is -0.274. The molecule has 0 bridgehead atoms. The highest BCUT2D eigenvalue weighted by atomic mass is 32.2. The Morgan fingerprint density at radius 3 is 2.57 bits per heavy atom. The largest absolute Gasteiger partial charge is 0.573 e. The number of ether oxygens (including phenoxy) is 3. The molecular formula is C29H31F3N4O7S. The zero-order chi connectivity index (χ0) is 31.1. The lowest BCUT2D eigenvalue weighted by atomic mass is 9.88. The number of sulfonamides is 1. The fourth-order valence-electron chi connectivity index (χ4n) is 5.75. The molecule has 1 aliphatic carbocycles. The van der Waals surface area contributed by atoms with Gasteiger partial charge in [0.25, 0.3) is 5.91 Å². The molecule has 4 heterocycles. The van der Waals surface area contributed by atoms with Gasteiger partial charge in [0, 0.05) is 42.8 Å². The summed E-state index contributed by atoms with van der Waals surface area (Å²) in [4.78, 5) is 18.5. The van der Waals surface area contributed by atoms with Crippen LogP contribution in [-0.2, 0) is 26.1 Å². The topological polar surface area (TPSA) is 133 Å². The highest BCUT2D eigenvalue weighted by Crippen LogP contribution is 2.46. The molecule has 2 saturated heterocycles. The fraction of sp³-hybridized carbons (Fsp3) is 0.483. The molecule has 1 N–H and O–H groups in total. The molecule has 1 atom stereocenters. The van der Waals surface area contributed by atoms with Gasteiger partial charge in [0.05, 0.1) is 36.7 Å². The minimum atomic E-state index is -4.85. The van der Waals surface area contributed by atoms with E-state index in [1.165, 1.54) is 30.5 Å². The van der Waals surface area contributed by atoms with Crippen LogP contribution in [0.1, 0.15) is 59.7 Å². The third-order valence-corrected chi connectivity index (χ3v) is 8.62. The maximum atomic E-state index is 13.1. The predicted molar refractivity (Wildman–Crippen MR) is 150 cm³/mol. The van der Waals surface area contributed by atoms with Gasteiger partial charge < -0.3 is 23.6 Å². The van der Waals surface area contributed by atoms with E-state index < -0.39 is 22.3 Å². The minimum absolute atomic E-state index is 0.116. The number of carbonyl (C=O) groups is 1. The molecule has 1 aromatic carbocycles. The van der Waals surface area contributed by atoms with E-state index in [1.54, 1.807) is 12.1 Å². The number of para-hydroxylation sites is 1. The van der Waals surface area contributed by atoms with Gasteiger partial charge in [-0.1, -0.05) is 17.3 Å². The summed E-state index contributed by atoms with van der Waals surface area (Å²) >= 11 is 0. The first-order chi connectivity index (χ1) is 20.9. The highest BCUT2D eigenvalue weighted by molar-refractivity contribution is 7.89. The van der Waals surface area contributed by atoms with Crippen molar-refractivity contribution in [3.05, 3.63) is 59.5 Å². The first-order valence-electron chi connectivity index (χ1n) is 14.2. The molecule has 11 nitrogen and oxygen atoms in total. The number of piperidine rings is 1. The fourth-order valence-corrected chi connectivity index (χ4v) is 6.21. The molecule has 236 valence electrons. The molecule has 3 aromatic rings. The third kappa shape index (κ3) is 7.00. The van der Waals surface area contributed by atoms with Crippen molar-refractivity contribution in [2.24, 2.45) is 0 Å². The van der Waals surface area contributed by atoms with E-state index in [-0.39, 0.29) is 46.8 Å². The van der Waals surface area contributed by atoms with Crippen LogP contribution in [0.2, 0.25) is 0 Å². The Labute approximate surface area is 251 Å². The summed E-state index contributed by atoms with van der Waals surface area (Å²) in [5, 5.41) is 4.14. The molecule has 2 aromatic heterocycles. The second kappa shape index (κ2) is 11.7. The summed E-state index contributed by atoms with van der Waals surface area (Å²) in [5.74, 6) is 0.377. The molecule has 3 aliphatic rings. The van der Waals surface area contributed by atoms with Gasteiger partial charge in [-0.25, -0.2) is 18.1 Å². The number of pyridine rings is 1. The first-order valence-corrected chi connectivity index (χ1v) is 16.1. The van der Waals surface area contributed by atoms with E-state index in [0.29, 0.717) is 43.3 Å². The Bertz CT molecular complexity index is 1620. The molecule has 1 unspecified atom stereocenters. The zero-order valence-corrected chi connectivity index (χ0v) is 24.6. The van der Waals surface area contributed by atoms with Crippen molar-refractivity contribution < 1.29 is 45.1 Å². The number of amides is 1. The average molecular weight is 637 g/mol. The van der Waals surface area contributed by atoms with Gasteiger partial charge in [0.1, 0.15) is 23.0 Å². The van der Waals surface area contributed by atoms with Crippen molar-refractivity contribution >= 4 is 21.7 Å². The number of carbonyl (C=O) groups excluding carboxylic acids is 1. The van der Waals surface area contributed by atoms with Gasteiger partial charge >= 0.3 is 6.36 Å². The van der Waals surface area contributed by atoms with Crippen LogP contribution in [0.4, 0.5) is 19.0 Å². The lowest BCUT2D eigenvalue weighted by Gasteiger charge is -2.39. The predicted octanol–water partition coefficient (Wildman–Crippen LogP) is 4.55. The number of anilines is 1. The van der Waals surface area contributed by atoms with Gasteiger partial charge in [-0.3, -0.25) is 4.79 Å². The van der Waals surface area contributed by atoms with Crippen molar-refractivity contribution in [1.29, 1.82) is 0 Å². The summed E-state index contributed by atoms with van der Waals surface area (Å²) in [6.45, 7) is 1.82. The van der Waals surface area contributed by atoms with Crippen LogP contribution in [0.3, 0.4) is 0 Å². The third-order valence-electron chi connectivity index (χ3n) is 8.06. The van der Waals surface area contributed by atoms with E-state index >= 15 is 0 Å². The van der Waals surface area contributed by atoms with Crippen LogP contribution in [0.25, 0.3) is 11.3 Å². The van der Waals surface area contributed by atoms with Crippen molar-refractivity contribution in [2.45, 2.75) is 62.7 Å². The van der Waals surface area contributed by atoms with Crippen LogP contribution in [0.15, 0.2) is 47.1 Å². The Kier molecular flexibility index (Phi) is 8.05. The Balaban J connectivity index is 1.08. The first kappa shape index (κ1) is 30.3. The number of hydrogen-bond donors (Lipinski definition) is 1. The van der Waals surface area contributed by atoms with Crippen LogP contribution in [-0.4, -0.2) is 68.5 Å². The Hall–Kier alpha value is -3.69. The van der Waals surface area contributed by atoms with Crippen molar-refractivity contribution in [2.75, 3.05) is 30.9 Å². The smallest absolute Gasteiger partial charge is 0.405 e. The zero-order valence-electron chi connectivity index (χ0n) is 23.8. The molecule has 1 saturated carbocycles. The molecular weight excluding hydrogens is 605 g/mol. The molecule has 1 amide bonds. The highest BCUT2D eigenvalue weighted by Gasteiger charge is 2.44. The summed E-state index contributed by atoms with van der Waals surface area (Å²) in [6.07, 6.45) is 1.12. The normalized spacial score (nSPS) is 20.2. The molecule has 2 aliphatic heterocycles. The maximum Gasteiger partial charge on any atom is 0.573 e. The van der Waals surface area contributed by atoms with Gasteiger partial charge in [-0.05, 0) is 49.9 Å². The SMILES string of the molecule is CS(=O)(=O)NC(=O)c1ccc(N2CCC3(CC2)CC(OCc2c(-c4ccccc4OC(F)(F)F)noc2C2CC2)CO3)nc1. The monoisotopic (exact) mass is 636 g/mol. The van der Waals surface area contributed by atoms with Crippen molar-refractivity contribution in [3.63, 3.8) is 0 Å². The number of nitrogens with one attached hydrogen (secondary N) is 1. The van der Waals surface area contributed by atoms with Crippen molar-refractivity contribution in [3.8, 4) is 17.0 Å². The Morgan fingerprint density at radius 2 is 1.91 bits per heavy atom. The van der Waals surface area contributed by atoms with Gasteiger partial charge in [-0.2, -0.15) is 0 Å². The molecule has 3 fully saturated rings. The molecule has 6 rings (SSSR count). The number of aromatic nitrogens is 2. The lowest BCUT2D eigenvalue weighted by Crippen LogP contribution is -2.44. The number of benzene rings is 1. The van der Waals surface area contributed by atoms with Crippen LogP contribution in [0.5, 0.6) is 5.75 Å². The molecule has 0 radical (unpaired) electrons. The van der Waals surface area contributed by atoms with Crippen LogP contribution >= 0.6 is 0 Å². The summed E-state index contributed by atoms with van der Waals surface area (Å²) in [7, 11) is -3.67. The van der Waals surface area contributed by atoms with Crippen LogP contribution in [0, 0.1) is 0 Å². The number of nitrogens with zero attached hydrogens (tertiary/aromatic N) is 3. The summed E-state index contributed by atoms with van der Waals surface area (Å²) in [6, 6.07) is 9.07. The molecule has 44 heavy (non-hydrogen) atoms. The maximum absolute atomic E-state index is 13.1. The summed E-state index contributed by atoms with van der Waals surface area (Å²) < 4.78 is 86.2. The summed E-state index contributed by atoms with van der Waals surface area (Å²) in [5.41, 5.74) is 0.856. The van der Waals surface area contributed by atoms with E-state index in [9.17, 15) is 26.4 Å². The second-order valence-electron chi connectivity index (χ2n) is 11.4. The van der Waals surface area contributed by atoms with Crippen molar-refractivity contribution in [1.82, 2.24) is 14.9 Å². The van der Waals surface area contributed by atoms with E-state index in [2.05, 4.69) is 19.8 Å². The number of hydrogen-bond acceptors (Lipinski definition) is 10. The van der Waals surface area contributed by atoms with E-state index in [0.717, 1.165) is 31.9 Å². The van der Waals surface area contributed by atoms with Gasteiger partial charge in [0.15, 0.2) is 0 Å². The molecule has 1 spiro atoms.